The minimum atomic E-state index is -0.0719. The van der Waals surface area contributed by atoms with Crippen LogP contribution in [0.3, 0.4) is 0 Å². The number of ether oxygens (including phenoxy) is 1. The Hall–Kier alpha value is -1.12. The number of hydrogen-bond acceptors (Lipinski definition) is 3. The molecule has 0 N–H and O–H groups in total. The molecule has 92 valence electrons. The van der Waals surface area contributed by atoms with E-state index < -0.39 is 0 Å². The Labute approximate surface area is 101 Å². The number of carbonyl (C=O) groups excluding carboxylic acids is 2. The lowest BCUT2D eigenvalue weighted by Gasteiger charge is -2.42. The average Bonchev–Trinajstić information content (AvgIpc) is 2.48. The van der Waals surface area contributed by atoms with E-state index >= 15 is 0 Å². The van der Waals surface area contributed by atoms with Crippen LogP contribution in [-0.2, 0) is 14.3 Å². The van der Waals surface area contributed by atoms with Gasteiger partial charge >= 0.3 is 5.97 Å². The molecule has 2 fully saturated rings. The zero-order valence-corrected chi connectivity index (χ0v) is 10.4. The molecule has 0 radical (unpaired) electrons. The van der Waals surface area contributed by atoms with Crippen LogP contribution in [0.25, 0.3) is 0 Å². The molecule has 3 nitrogen and oxygen atoms in total. The van der Waals surface area contributed by atoms with E-state index in [4.69, 9.17) is 4.74 Å². The Balaban J connectivity index is 1.95. The van der Waals surface area contributed by atoms with Crippen molar-refractivity contribution in [2.45, 2.75) is 45.6 Å². The first-order valence-corrected chi connectivity index (χ1v) is 6.44. The zero-order valence-electron chi connectivity index (χ0n) is 10.4. The number of esters is 1. The van der Waals surface area contributed by atoms with E-state index in [9.17, 15) is 9.59 Å². The molecule has 1 saturated heterocycles. The van der Waals surface area contributed by atoms with Gasteiger partial charge in [-0.15, -0.1) is 0 Å². The van der Waals surface area contributed by atoms with Crippen molar-refractivity contribution in [1.29, 1.82) is 0 Å². The molecule has 1 heterocycles. The van der Waals surface area contributed by atoms with Crippen molar-refractivity contribution < 1.29 is 14.3 Å². The predicted octanol–water partition coefficient (Wildman–Crippen LogP) is 2.25. The standard InChI is InChI=1S/C14H18O3/c1-8-14(2)7-9-3-4-11(15)5-10(9)6-12(14)13(16)17-8/h5,8-9,12H,3-4,6-7H2,1-2H3/t8-,9?,12+,14-/m1/s1. The molecule has 1 unspecified atom stereocenters. The molecular formula is C14H18O3. The molecular weight excluding hydrogens is 216 g/mol. The third kappa shape index (κ3) is 1.48. The van der Waals surface area contributed by atoms with Gasteiger partial charge in [0.2, 0.25) is 0 Å². The quantitative estimate of drug-likeness (QED) is 0.604. The fourth-order valence-corrected chi connectivity index (χ4v) is 3.69. The van der Waals surface area contributed by atoms with Gasteiger partial charge in [0.15, 0.2) is 5.78 Å². The van der Waals surface area contributed by atoms with Crippen LogP contribution in [0, 0.1) is 17.3 Å². The molecule has 0 spiro atoms. The normalized spacial score (nSPS) is 44.8. The molecule has 0 amide bonds. The van der Waals surface area contributed by atoms with Crippen LogP contribution in [0.4, 0.5) is 0 Å². The van der Waals surface area contributed by atoms with E-state index in [0.717, 1.165) is 19.3 Å². The number of fused-ring (bicyclic) bond motifs is 2. The van der Waals surface area contributed by atoms with Crippen LogP contribution in [0.2, 0.25) is 0 Å². The molecule has 0 bridgehead atoms. The van der Waals surface area contributed by atoms with Crippen molar-refractivity contribution in [3.05, 3.63) is 11.6 Å². The summed E-state index contributed by atoms with van der Waals surface area (Å²) in [4.78, 5) is 23.3. The van der Waals surface area contributed by atoms with Gasteiger partial charge < -0.3 is 4.74 Å². The highest BCUT2D eigenvalue weighted by molar-refractivity contribution is 5.91. The van der Waals surface area contributed by atoms with E-state index in [1.165, 1.54) is 5.57 Å². The van der Waals surface area contributed by atoms with Crippen LogP contribution in [0.5, 0.6) is 0 Å². The summed E-state index contributed by atoms with van der Waals surface area (Å²) in [5.74, 6) is 0.605. The largest absolute Gasteiger partial charge is 0.462 e. The van der Waals surface area contributed by atoms with Crippen molar-refractivity contribution in [3.63, 3.8) is 0 Å². The van der Waals surface area contributed by atoms with Gasteiger partial charge in [0.05, 0.1) is 5.92 Å². The Bertz CT molecular complexity index is 423. The maximum absolute atomic E-state index is 11.8. The number of allylic oxidation sites excluding steroid dienone is 2. The SMILES string of the molecule is C[C@H]1OC(=O)[C@@H]2CC3=CC(=O)CCC3C[C@]12C. The summed E-state index contributed by atoms with van der Waals surface area (Å²) in [6, 6.07) is 0. The van der Waals surface area contributed by atoms with Crippen LogP contribution in [0.15, 0.2) is 11.6 Å². The van der Waals surface area contributed by atoms with Crippen molar-refractivity contribution in [1.82, 2.24) is 0 Å². The maximum Gasteiger partial charge on any atom is 0.310 e. The second kappa shape index (κ2) is 3.44. The van der Waals surface area contributed by atoms with E-state index in [1.54, 1.807) is 6.08 Å². The molecule has 0 aromatic carbocycles. The zero-order chi connectivity index (χ0) is 12.2. The monoisotopic (exact) mass is 234 g/mol. The highest BCUT2D eigenvalue weighted by atomic mass is 16.6. The Morgan fingerprint density at radius 3 is 2.94 bits per heavy atom. The van der Waals surface area contributed by atoms with Gasteiger partial charge in [0.25, 0.3) is 0 Å². The molecule has 1 aliphatic heterocycles. The molecule has 2 aliphatic carbocycles. The van der Waals surface area contributed by atoms with Gasteiger partial charge in [-0.25, -0.2) is 0 Å². The van der Waals surface area contributed by atoms with Crippen molar-refractivity contribution in [2.75, 3.05) is 0 Å². The topological polar surface area (TPSA) is 43.4 Å². The minimum absolute atomic E-state index is 0.0131. The van der Waals surface area contributed by atoms with Gasteiger partial charge in [-0.3, -0.25) is 9.59 Å². The molecule has 3 rings (SSSR count). The Kier molecular flexibility index (Phi) is 2.22. The molecule has 0 aromatic rings. The second-order valence-electron chi connectivity index (χ2n) is 5.97. The Morgan fingerprint density at radius 1 is 1.41 bits per heavy atom. The summed E-state index contributed by atoms with van der Waals surface area (Å²) < 4.78 is 5.39. The third-order valence-electron chi connectivity index (χ3n) is 5.04. The summed E-state index contributed by atoms with van der Waals surface area (Å²) in [5.41, 5.74) is 1.16. The number of cyclic esters (lactones) is 1. The fraction of sp³-hybridized carbons (Fsp3) is 0.714. The molecule has 3 heteroatoms. The van der Waals surface area contributed by atoms with Crippen molar-refractivity contribution in [2.24, 2.45) is 17.3 Å². The van der Waals surface area contributed by atoms with E-state index in [1.807, 2.05) is 6.92 Å². The lowest BCUT2D eigenvalue weighted by Crippen LogP contribution is -2.40. The third-order valence-corrected chi connectivity index (χ3v) is 5.04. The minimum Gasteiger partial charge on any atom is -0.462 e. The van der Waals surface area contributed by atoms with Gasteiger partial charge in [0.1, 0.15) is 6.10 Å². The van der Waals surface area contributed by atoms with Crippen LogP contribution >= 0.6 is 0 Å². The number of ketones is 1. The second-order valence-corrected chi connectivity index (χ2v) is 5.97. The lowest BCUT2D eigenvalue weighted by molar-refractivity contribution is -0.143. The summed E-state index contributed by atoms with van der Waals surface area (Å²) in [6.07, 6.45) is 5.13. The number of rotatable bonds is 0. The van der Waals surface area contributed by atoms with Gasteiger partial charge in [0, 0.05) is 11.8 Å². The summed E-state index contributed by atoms with van der Waals surface area (Å²) >= 11 is 0. The summed E-state index contributed by atoms with van der Waals surface area (Å²) in [7, 11) is 0. The van der Waals surface area contributed by atoms with E-state index in [-0.39, 0.29) is 29.2 Å². The molecule has 3 aliphatic rings. The van der Waals surface area contributed by atoms with E-state index in [2.05, 4.69) is 6.92 Å². The highest BCUT2D eigenvalue weighted by Crippen LogP contribution is 2.54. The van der Waals surface area contributed by atoms with Gasteiger partial charge in [-0.05, 0) is 38.2 Å². The first kappa shape index (κ1) is 11.0. The molecule has 4 atom stereocenters. The maximum atomic E-state index is 11.8. The first-order chi connectivity index (χ1) is 8.00. The Morgan fingerprint density at radius 2 is 2.18 bits per heavy atom. The summed E-state index contributed by atoms with van der Waals surface area (Å²) in [5, 5.41) is 0. The lowest BCUT2D eigenvalue weighted by atomic mass is 9.59. The van der Waals surface area contributed by atoms with Crippen molar-refractivity contribution >= 4 is 11.8 Å². The number of hydrogen-bond donors (Lipinski definition) is 0. The smallest absolute Gasteiger partial charge is 0.310 e. The highest BCUT2D eigenvalue weighted by Gasteiger charge is 2.56. The predicted molar refractivity (Wildman–Crippen MR) is 62.2 cm³/mol. The number of carbonyl (C=O) groups is 2. The van der Waals surface area contributed by atoms with Gasteiger partial charge in [-0.1, -0.05) is 12.5 Å². The first-order valence-electron chi connectivity index (χ1n) is 6.44. The van der Waals surface area contributed by atoms with Crippen molar-refractivity contribution in [3.8, 4) is 0 Å². The summed E-state index contributed by atoms with van der Waals surface area (Å²) in [6.45, 7) is 4.17. The van der Waals surface area contributed by atoms with Crippen LogP contribution < -0.4 is 0 Å². The average molecular weight is 234 g/mol. The fourth-order valence-electron chi connectivity index (χ4n) is 3.69. The van der Waals surface area contributed by atoms with E-state index in [0.29, 0.717) is 12.3 Å². The molecule has 1 saturated carbocycles. The van der Waals surface area contributed by atoms with Crippen LogP contribution in [-0.4, -0.2) is 17.9 Å². The van der Waals surface area contributed by atoms with Crippen LogP contribution in [0.1, 0.15) is 39.5 Å². The molecule has 0 aromatic heterocycles. The van der Waals surface area contributed by atoms with Gasteiger partial charge in [-0.2, -0.15) is 0 Å². The molecule has 17 heavy (non-hydrogen) atoms.